The first-order valence-electron chi connectivity index (χ1n) is 10.6. The van der Waals surface area contributed by atoms with Crippen LogP contribution in [0.15, 0.2) is 72.4 Å². The van der Waals surface area contributed by atoms with Crippen LogP contribution < -0.4 is 19.6 Å². The third-order valence-corrected chi connectivity index (χ3v) is 5.12. The fourth-order valence-electron chi connectivity index (χ4n) is 3.03. The fourth-order valence-corrected chi connectivity index (χ4v) is 3.26. The molecule has 0 spiro atoms. The molecule has 0 fully saturated rings. The zero-order chi connectivity index (χ0) is 27.9. The lowest BCUT2D eigenvalue weighted by molar-refractivity contribution is -0.385. The highest BCUT2D eigenvalue weighted by atomic mass is 35.5. The Hall–Kier alpha value is -4.58. The van der Waals surface area contributed by atoms with Crippen molar-refractivity contribution in [1.82, 2.24) is 5.43 Å². The van der Waals surface area contributed by atoms with Crippen LogP contribution in [0.5, 0.6) is 23.0 Å². The first-order chi connectivity index (χ1) is 18.0. The van der Waals surface area contributed by atoms with Crippen LogP contribution in [0.2, 0.25) is 5.02 Å². The van der Waals surface area contributed by atoms with Crippen molar-refractivity contribution in [2.45, 2.75) is 6.18 Å². The molecule has 0 aromatic heterocycles. The van der Waals surface area contributed by atoms with Crippen molar-refractivity contribution in [3.8, 4) is 23.0 Å². The first kappa shape index (κ1) is 28.0. The fraction of sp³-hybridized carbons (Fsp3) is 0.120. The number of amides is 1. The van der Waals surface area contributed by atoms with Gasteiger partial charge in [-0.2, -0.15) is 18.3 Å². The van der Waals surface area contributed by atoms with Gasteiger partial charge in [0.15, 0.2) is 11.5 Å². The van der Waals surface area contributed by atoms with Crippen molar-refractivity contribution >= 4 is 29.4 Å². The molecule has 3 aromatic rings. The summed E-state index contributed by atoms with van der Waals surface area (Å²) in [6.07, 6.45) is -1.90. The summed E-state index contributed by atoms with van der Waals surface area (Å²) < 4.78 is 54.8. The Kier molecular flexibility index (Phi) is 8.92. The van der Waals surface area contributed by atoms with E-state index >= 15 is 0 Å². The molecule has 0 aliphatic heterocycles. The highest BCUT2D eigenvalue weighted by molar-refractivity contribution is 6.32. The van der Waals surface area contributed by atoms with Gasteiger partial charge >= 0.3 is 11.9 Å². The third-order valence-electron chi connectivity index (χ3n) is 4.82. The van der Waals surface area contributed by atoms with Crippen LogP contribution in [0.1, 0.15) is 21.5 Å². The number of rotatable bonds is 10. The number of nitro benzene ring substituents is 1. The summed E-state index contributed by atoms with van der Waals surface area (Å²) >= 11 is 6.18. The van der Waals surface area contributed by atoms with Gasteiger partial charge in [0.25, 0.3) is 5.91 Å². The van der Waals surface area contributed by atoms with Crippen molar-refractivity contribution in [2.75, 3.05) is 13.7 Å². The van der Waals surface area contributed by atoms with Crippen LogP contribution in [-0.2, 0) is 6.18 Å². The second-order valence-corrected chi connectivity index (χ2v) is 7.80. The van der Waals surface area contributed by atoms with E-state index in [4.69, 9.17) is 25.8 Å². The molecule has 198 valence electrons. The molecule has 0 aliphatic rings. The molecule has 0 atom stereocenters. The number of ether oxygens (including phenoxy) is 3. The second kappa shape index (κ2) is 12.1. The van der Waals surface area contributed by atoms with Gasteiger partial charge in [0.2, 0.25) is 5.75 Å². The van der Waals surface area contributed by atoms with Gasteiger partial charge in [-0.15, -0.1) is 0 Å². The van der Waals surface area contributed by atoms with Gasteiger partial charge in [-0.1, -0.05) is 24.3 Å². The lowest BCUT2D eigenvalue weighted by Gasteiger charge is -2.11. The predicted molar refractivity (Wildman–Crippen MR) is 133 cm³/mol. The molecule has 1 N–H and O–H groups in total. The van der Waals surface area contributed by atoms with E-state index in [0.717, 1.165) is 6.07 Å². The molecule has 0 unspecified atom stereocenters. The number of hydrazone groups is 1. The Morgan fingerprint density at radius 3 is 2.45 bits per heavy atom. The largest absolute Gasteiger partial charge is 0.493 e. The van der Waals surface area contributed by atoms with Gasteiger partial charge in [0, 0.05) is 11.6 Å². The van der Waals surface area contributed by atoms with Crippen molar-refractivity contribution in [1.29, 1.82) is 0 Å². The van der Waals surface area contributed by atoms with Crippen LogP contribution >= 0.6 is 11.6 Å². The summed E-state index contributed by atoms with van der Waals surface area (Å²) in [5.74, 6) is -0.211. The number of nitrogens with zero attached hydrogens (tertiary/aromatic N) is 2. The van der Waals surface area contributed by atoms with E-state index in [1.165, 1.54) is 43.7 Å². The molecule has 1 amide bonds. The van der Waals surface area contributed by atoms with Gasteiger partial charge < -0.3 is 14.2 Å². The van der Waals surface area contributed by atoms with E-state index in [1.807, 2.05) is 0 Å². The van der Waals surface area contributed by atoms with Gasteiger partial charge in [0.1, 0.15) is 12.4 Å². The van der Waals surface area contributed by atoms with E-state index < -0.39 is 34.0 Å². The summed E-state index contributed by atoms with van der Waals surface area (Å²) in [5.41, 5.74) is 0.968. The van der Waals surface area contributed by atoms with Gasteiger partial charge in [-0.05, 0) is 54.1 Å². The topological polar surface area (TPSA) is 112 Å². The lowest BCUT2D eigenvalue weighted by Crippen LogP contribution is -2.17. The average molecular weight is 550 g/mol. The summed E-state index contributed by atoms with van der Waals surface area (Å²) in [6, 6.07) is 10.7. The number of nitro groups is 1. The number of methoxy groups -OCH3 is 1. The minimum atomic E-state index is -4.76. The highest BCUT2D eigenvalue weighted by Gasteiger charge is 2.33. The van der Waals surface area contributed by atoms with E-state index in [2.05, 4.69) is 17.1 Å². The van der Waals surface area contributed by atoms with Crippen LogP contribution in [0, 0.1) is 10.1 Å². The third kappa shape index (κ3) is 7.01. The molecular formula is C25H19ClF3N3O6. The maximum atomic E-state index is 12.9. The normalized spacial score (nSPS) is 11.2. The maximum absolute atomic E-state index is 12.9. The Morgan fingerprint density at radius 2 is 1.82 bits per heavy atom. The van der Waals surface area contributed by atoms with E-state index in [0.29, 0.717) is 29.2 Å². The minimum Gasteiger partial charge on any atom is -0.493 e. The first-order valence-corrected chi connectivity index (χ1v) is 11.0. The maximum Gasteiger partial charge on any atom is 0.416 e. The summed E-state index contributed by atoms with van der Waals surface area (Å²) in [7, 11) is 1.43. The molecule has 13 heteroatoms. The Labute approximate surface area is 219 Å². The Morgan fingerprint density at radius 1 is 1.11 bits per heavy atom. The standard InChI is InChI=1S/C25H19ClF3N3O6/c1-3-10-37-22-8-5-16(12-23(22)36-2)24(33)31-30-14-15-4-7-20(18(26)11-15)38-21-9-6-17(25(27,28)29)13-19(21)32(34)35/h3-9,11-14H,1,10H2,2H3,(H,31,33)/b30-14+. The van der Waals surface area contributed by atoms with Crippen LogP contribution in [0.25, 0.3) is 0 Å². The molecule has 0 saturated heterocycles. The molecule has 3 rings (SSSR count). The van der Waals surface area contributed by atoms with Crippen LogP contribution in [-0.4, -0.2) is 30.8 Å². The molecule has 0 bridgehead atoms. The van der Waals surface area contributed by atoms with Crippen molar-refractivity contribution < 1.29 is 37.1 Å². The molecule has 0 radical (unpaired) electrons. The summed E-state index contributed by atoms with van der Waals surface area (Å²) in [4.78, 5) is 22.7. The molecule has 0 saturated carbocycles. The highest BCUT2D eigenvalue weighted by Crippen LogP contribution is 2.39. The van der Waals surface area contributed by atoms with Crippen molar-refractivity contribution in [3.05, 3.63) is 99.1 Å². The number of carbonyl (C=O) groups excluding carboxylic acids is 1. The molecule has 0 heterocycles. The van der Waals surface area contributed by atoms with E-state index in [-0.39, 0.29) is 22.9 Å². The van der Waals surface area contributed by atoms with Gasteiger partial charge in [0.05, 0.1) is 28.8 Å². The zero-order valence-electron chi connectivity index (χ0n) is 19.6. The molecule has 9 nitrogen and oxygen atoms in total. The van der Waals surface area contributed by atoms with Gasteiger partial charge in [-0.3, -0.25) is 14.9 Å². The number of hydrogen-bond acceptors (Lipinski definition) is 7. The van der Waals surface area contributed by atoms with E-state index in [9.17, 15) is 28.1 Å². The van der Waals surface area contributed by atoms with Crippen LogP contribution in [0.3, 0.4) is 0 Å². The number of halogens is 4. The molecular weight excluding hydrogens is 531 g/mol. The summed E-state index contributed by atoms with van der Waals surface area (Å²) in [6.45, 7) is 3.83. The smallest absolute Gasteiger partial charge is 0.416 e. The van der Waals surface area contributed by atoms with Crippen molar-refractivity contribution in [3.63, 3.8) is 0 Å². The SMILES string of the molecule is C=CCOc1ccc(C(=O)N/N=C/c2ccc(Oc3ccc(C(F)(F)F)cc3[N+](=O)[O-])c(Cl)c2)cc1OC. The van der Waals surface area contributed by atoms with E-state index in [1.54, 1.807) is 12.1 Å². The number of nitrogens with one attached hydrogen (secondary N) is 1. The number of hydrogen-bond donors (Lipinski definition) is 1. The van der Waals surface area contributed by atoms with Crippen LogP contribution in [0.4, 0.5) is 18.9 Å². The predicted octanol–water partition coefficient (Wildman–Crippen LogP) is 6.40. The number of carbonyl (C=O) groups is 1. The number of benzene rings is 3. The van der Waals surface area contributed by atoms with Crippen molar-refractivity contribution in [2.24, 2.45) is 5.10 Å². The lowest BCUT2D eigenvalue weighted by atomic mass is 10.2. The quantitative estimate of drug-likeness (QED) is 0.136. The molecule has 3 aromatic carbocycles. The second-order valence-electron chi connectivity index (χ2n) is 7.39. The average Bonchev–Trinajstić information content (AvgIpc) is 2.88. The minimum absolute atomic E-state index is 0.00526. The molecule has 38 heavy (non-hydrogen) atoms. The number of alkyl halides is 3. The molecule has 0 aliphatic carbocycles. The summed E-state index contributed by atoms with van der Waals surface area (Å²) in [5, 5.41) is 15.1. The monoisotopic (exact) mass is 549 g/mol. The Balaban J connectivity index is 1.70. The Bertz CT molecular complexity index is 1400. The van der Waals surface area contributed by atoms with Gasteiger partial charge in [-0.25, -0.2) is 5.43 Å². The zero-order valence-corrected chi connectivity index (χ0v) is 20.4.